The molecule has 17 heavy (non-hydrogen) atoms. The minimum atomic E-state index is -0.704. The Hall–Kier alpha value is -1.38. The molecular weight excluding hydrogens is 216 g/mol. The van der Waals surface area contributed by atoms with Crippen LogP contribution in [-0.4, -0.2) is 16.9 Å². The summed E-state index contributed by atoms with van der Waals surface area (Å²) in [4.78, 5) is 20.8. The molecule has 0 aromatic carbocycles. The van der Waals surface area contributed by atoms with Crippen molar-refractivity contribution in [1.82, 2.24) is 0 Å². The maximum absolute atomic E-state index is 10.6. The van der Waals surface area contributed by atoms with E-state index in [1.807, 2.05) is 6.08 Å². The molecule has 0 unspecified atom stereocenters. The minimum absolute atomic E-state index is 0.0630. The van der Waals surface area contributed by atoms with E-state index in [0.717, 1.165) is 38.5 Å². The van der Waals surface area contributed by atoms with Crippen molar-refractivity contribution in [2.24, 2.45) is 0 Å². The van der Waals surface area contributed by atoms with Crippen molar-refractivity contribution in [3.8, 4) is 0 Å². The molecule has 0 saturated carbocycles. The maximum Gasteiger partial charge on any atom is 0.303 e. The van der Waals surface area contributed by atoms with Crippen LogP contribution in [-0.2, 0) is 9.59 Å². The number of unbranched alkanes of at least 4 members (excludes halogenated alkanes) is 5. The molecule has 3 heteroatoms. The Morgan fingerprint density at radius 2 is 1.65 bits per heavy atom. The van der Waals surface area contributed by atoms with Crippen molar-refractivity contribution >= 4 is 11.8 Å². The largest absolute Gasteiger partial charge is 0.481 e. The van der Waals surface area contributed by atoms with Crippen LogP contribution >= 0.6 is 0 Å². The first kappa shape index (κ1) is 15.6. The van der Waals surface area contributed by atoms with Gasteiger partial charge in [0.1, 0.15) is 0 Å². The normalized spacial score (nSPS) is 11.4. The summed E-state index contributed by atoms with van der Waals surface area (Å²) in [5, 5.41) is 8.44. The summed E-state index contributed by atoms with van der Waals surface area (Å²) in [6, 6.07) is 0. The molecule has 0 saturated heterocycles. The summed E-state index contributed by atoms with van der Waals surface area (Å²) in [6.07, 6.45) is 13.7. The van der Waals surface area contributed by atoms with Gasteiger partial charge in [-0.2, -0.15) is 0 Å². The predicted octanol–water partition coefficient (Wildman–Crippen LogP) is 3.50. The third kappa shape index (κ3) is 14.6. The highest BCUT2D eigenvalue weighted by molar-refractivity contribution is 5.87. The van der Waals surface area contributed by atoms with Crippen molar-refractivity contribution in [3.05, 3.63) is 24.3 Å². The number of carboxylic acid groups (broad SMARTS) is 1. The van der Waals surface area contributed by atoms with Crippen LogP contribution in [0.25, 0.3) is 0 Å². The summed E-state index contributed by atoms with van der Waals surface area (Å²) in [6.45, 7) is 1.53. The molecule has 0 aliphatic carbocycles. The van der Waals surface area contributed by atoms with Crippen LogP contribution in [0.1, 0.15) is 51.9 Å². The molecular formula is C14H22O3. The van der Waals surface area contributed by atoms with Gasteiger partial charge in [-0.25, -0.2) is 0 Å². The van der Waals surface area contributed by atoms with Gasteiger partial charge in [-0.15, -0.1) is 0 Å². The quantitative estimate of drug-likeness (QED) is 0.360. The van der Waals surface area contributed by atoms with Gasteiger partial charge in [0.05, 0.1) is 0 Å². The lowest BCUT2D eigenvalue weighted by Crippen LogP contribution is -1.93. The van der Waals surface area contributed by atoms with Crippen molar-refractivity contribution in [2.75, 3.05) is 0 Å². The summed E-state index contributed by atoms with van der Waals surface area (Å²) in [5.74, 6) is -0.640. The van der Waals surface area contributed by atoms with E-state index >= 15 is 0 Å². The first-order chi connectivity index (χ1) is 8.13. The number of carbonyl (C=O) groups is 2. The van der Waals surface area contributed by atoms with Gasteiger partial charge in [-0.3, -0.25) is 9.59 Å². The van der Waals surface area contributed by atoms with Gasteiger partial charge in [0.2, 0.25) is 0 Å². The smallest absolute Gasteiger partial charge is 0.303 e. The Bertz CT molecular complexity index is 277. The fraction of sp³-hybridized carbons (Fsp3) is 0.571. The monoisotopic (exact) mass is 238 g/mol. The Morgan fingerprint density at radius 1 is 1.00 bits per heavy atom. The SMILES string of the molecule is CC(=O)/C=C/C=C/CCCCCCCC(=O)O. The Balaban J connectivity index is 3.23. The van der Waals surface area contributed by atoms with Gasteiger partial charge >= 0.3 is 5.97 Å². The number of ketones is 1. The molecule has 0 aromatic rings. The van der Waals surface area contributed by atoms with Gasteiger partial charge in [0.15, 0.2) is 5.78 Å². The number of hydrogen-bond donors (Lipinski definition) is 1. The lowest BCUT2D eigenvalue weighted by Gasteiger charge is -1.97. The second kappa shape index (κ2) is 11.1. The Morgan fingerprint density at radius 3 is 2.29 bits per heavy atom. The lowest BCUT2D eigenvalue weighted by atomic mass is 10.1. The van der Waals surface area contributed by atoms with Crippen LogP contribution in [0.3, 0.4) is 0 Å². The highest BCUT2D eigenvalue weighted by Crippen LogP contribution is 2.07. The summed E-state index contributed by atoms with van der Waals surface area (Å²) in [7, 11) is 0. The molecule has 0 heterocycles. The van der Waals surface area contributed by atoms with Gasteiger partial charge in [0.25, 0.3) is 0 Å². The number of carbonyl (C=O) groups excluding carboxylic acids is 1. The van der Waals surface area contributed by atoms with Crippen LogP contribution in [0, 0.1) is 0 Å². The second-order valence-corrected chi connectivity index (χ2v) is 4.10. The summed E-state index contributed by atoms with van der Waals surface area (Å²) in [5.41, 5.74) is 0. The molecule has 0 radical (unpaired) electrons. The van der Waals surface area contributed by atoms with Crippen LogP contribution in [0.5, 0.6) is 0 Å². The van der Waals surface area contributed by atoms with E-state index in [9.17, 15) is 9.59 Å². The van der Waals surface area contributed by atoms with E-state index in [2.05, 4.69) is 6.08 Å². The first-order valence-corrected chi connectivity index (χ1v) is 6.18. The molecule has 0 atom stereocenters. The van der Waals surface area contributed by atoms with Crippen molar-refractivity contribution < 1.29 is 14.7 Å². The standard InChI is InChI=1S/C14H22O3/c1-13(15)11-9-7-5-3-2-4-6-8-10-12-14(16)17/h5,7,9,11H,2-4,6,8,10,12H2,1H3,(H,16,17)/b7-5+,11-9+. The van der Waals surface area contributed by atoms with Gasteiger partial charge in [-0.1, -0.05) is 37.5 Å². The first-order valence-electron chi connectivity index (χ1n) is 6.18. The lowest BCUT2D eigenvalue weighted by molar-refractivity contribution is -0.137. The van der Waals surface area contributed by atoms with Crippen molar-refractivity contribution in [2.45, 2.75) is 51.9 Å². The highest BCUT2D eigenvalue weighted by atomic mass is 16.4. The molecule has 0 aliphatic heterocycles. The molecule has 0 fully saturated rings. The van der Waals surface area contributed by atoms with E-state index in [4.69, 9.17) is 5.11 Å². The minimum Gasteiger partial charge on any atom is -0.481 e. The van der Waals surface area contributed by atoms with Gasteiger partial charge < -0.3 is 5.11 Å². The van der Waals surface area contributed by atoms with Crippen LogP contribution < -0.4 is 0 Å². The third-order valence-electron chi connectivity index (χ3n) is 2.34. The number of allylic oxidation sites excluding steroid dienone is 4. The second-order valence-electron chi connectivity index (χ2n) is 4.10. The molecule has 0 aliphatic rings. The molecule has 0 bridgehead atoms. The molecule has 96 valence electrons. The molecule has 1 N–H and O–H groups in total. The van der Waals surface area contributed by atoms with Gasteiger partial charge in [-0.05, 0) is 32.3 Å². The zero-order valence-electron chi connectivity index (χ0n) is 10.5. The van der Waals surface area contributed by atoms with Crippen molar-refractivity contribution in [3.63, 3.8) is 0 Å². The van der Waals surface area contributed by atoms with E-state index < -0.39 is 5.97 Å². The van der Waals surface area contributed by atoms with E-state index in [0.29, 0.717) is 0 Å². The average Bonchev–Trinajstić information content (AvgIpc) is 2.25. The molecule has 0 rings (SSSR count). The Kier molecular flexibility index (Phi) is 10.2. The molecule has 0 amide bonds. The van der Waals surface area contributed by atoms with E-state index in [1.54, 1.807) is 12.2 Å². The van der Waals surface area contributed by atoms with Crippen LogP contribution in [0.4, 0.5) is 0 Å². The van der Waals surface area contributed by atoms with Crippen molar-refractivity contribution in [1.29, 1.82) is 0 Å². The van der Waals surface area contributed by atoms with E-state index in [-0.39, 0.29) is 12.2 Å². The molecule has 3 nitrogen and oxygen atoms in total. The number of rotatable bonds is 10. The fourth-order valence-electron chi connectivity index (χ4n) is 1.43. The number of carboxylic acids is 1. The zero-order valence-corrected chi connectivity index (χ0v) is 10.5. The van der Waals surface area contributed by atoms with Gasteiger partial charge in [0, 0.05) is 6.42 Å². The van der Waals surface area contributed by atoms with Crippen LogP contribution in [0.15, 0.2) is 24.3 Å². The number of aliphatic carboxylic acids is 1. The molecule has 0 aromatic heterocycles. The maximum atomic E-state index is 10.6. The van der Waals surface area contributed by atoms with Crippen LogP contribution in [0.2, 0.25) is 0 Å². The fourth-order valence-corrected chi connectivity index (χ4v) is 1.43. The summed E-state index contributed by atoms with van der Waals surface area (Å²) >= 11 is 0. The highest BCUT2D eigenvalue weighted by Gasteiger charge is 1.95. The predicted molar refractivity (Wildman–Crippen MR) is 68.9 cm³/mol. The zero-order chi connectivity index (χ0) is 12.9. The Labute approximate surface area is 103 Å². The average molecular weight is 238 g/mol. The topological polar surface area (TPSA) is 54.4 Å². The number of hydrogen-bond acceptors (Lipinski definition) is 2. The third-order valence-corrected chi connectivity index (χ3v) is 2.34. The summed E-state index contributed by atoms with van der Waals surface area (Å²) < 4.78 is 0. The molecule has 0 spiro atoms. The van der Waals surface area contributed by atoms with E-state index in [1.165, 1.54) is 6.92 Å².